The van der Waals surface area contributed by atoms with Gasteiger partial charge in [0.25, 0.3) is 5.91 Å². The van der Waals surface area contributed by atoms with Crippen molar-refractivity contribution in [3.8, 4) is 5.75 Å². The van der Waals surface area contributed by atoms with Gasteiger partial charge in [-0.2, -0.15) is 0 Å². The standard InChI is InChI=1S/C37H40FN3O6/c1-22-16-23(2)24(3)33(17-22)47-15-14-25-8-10-26(11-9-25)30-18-29-20-39(36(43)44)21-32(41(29)37(45)46)34(30)35(42)40(28-12-13-28)19-27-6-4-5-7-31(27)38/h4-11,16-17,28-29,32H,12-15,18-21H2,1-3H3,(H,43,44)(H,45,46). The zero-order valence-electron chi connectivity index (χ0n) is 26.9. The Labute approximate surface area is 273 Å². The summed E-state index contributed by atoms with van der Waals surface area (Å²) in [4.78, 5) is 43.3. The van der Waals surface area contributed by atoms with Crippen LogP contribution in [0.15, 0.2) is 66.2 Å². The average molecular weight is 642 g/mol. The van der Waals surface area contributed by atoms with E-state index in [1.165, 1.54) is 21.4 Å². The van der Waals surface area contributed by atoms with Gasteiger partial charge in [-0.25, -0.2) is 14.0 Å². The quantitative estimate of drug-likeness (QED) is 0.279. The lowest BCUT2D eigenvalue weighted by atomic mass is 9.81. The van der Waals surface area contributed by atoms with Gasteiger partial charge in [-0.1, -0.05) is 48.5 Å². The molecule has 2 bridgehead atoms. The number of ether oxygens (including phenoxy) is 1. The fraction of sp³-hybridized carbons (Fsp3) is 0.378. The van der Waals surface area contributed by atoms with Crippen LogP contribution in [0.5, 0.6) is 5.75 Å². The van der Waals surface area contributed by atoms with E-state index in [1.54, 1.807) is 23.1 Å². The minimum Gasteiger partial charge on any atom is -0.493 e. The number of carboxylic acid groups (broad SMARTS) is 2. The van der Waals surface area contributed by atoms with Crippen LogP contribution in [0.4, 0.5) is 14.0 Å². The van der Waals surface area contributed by atoms with Gasteiger partial charge >= 0.3 is 12.2 Å². The first-order chi connectivity index (χ1) is 22.5. The summed E-state index contributed by atoms with van der Waals surface area (Å²) in [6.07, 6.45) is 0.0161. The molecule has 0 aromatic heterocycles. The third kappa shape index (κ3) is 6.68. The number of benzene rings is 3. The van der Waals surface area contributed by atoms with E-state index in [0.717, 1.165) is 40.8 Å². The lowest BCUT2D eigenvalue weighted by molar-refractivity contribution is -0.129. The molecule has 2 N–H and O–H groups in total. The Hall–Kier alpha value is -4.86. The van der Waals surface area contributed by atoms with Crippen molar-refractivity contribution >= 4 is 23.7 Å². The minimum atomic E-state index is -1.20. The first-order valence-electron chi connectivity index (χ1n) is 16.1. The second-order valence-corrected chi connectivity index (χ2v) is 12.9. The van der Waals surface area contributed by atoms with Crippen LogP contribution in [0.1, 0.15) is 52.6 Å². The zero-order valence-corrected chi connectivity index (χ0v) is 26.9. The highest BCUT2D eigenvalue weighted by atomic mass is 19.1. The number of piperazine rings is 1. The predicted octanol–water partition coefficient (Wildman–Crippen LogP) is 6.43. The van der Waals surface area contributed by atoms with Crippen LogP contribution < -0.4 is 4.74 Å². The average Bonchev–Trinajstić information content (AvgIpc) is 3.87. The molecule has 2 fully saturated rings. The summed E-state index contributed by atoms with van der Waals surface area (Å²) < 4.78 is 20.9. The molecule has 6 rings (SSSR count). The summed E-state index contributed by atoms with van der Waals surface area (Å²) in [5, 5.41) is 20.1. The Bertz CT molecular complexity index is 1730. The fourth-order valence-corrected chi connectivity index (χ4v) is 6.92. The molecule has 246 valence electrons. The molecule has 9 nitrogen and oxygen atoms in total. The van der Waals surface area contributed by atoms with Gasteiger partial charge in [0.15, 0.2) is 0 Å². The second kappa shape index (κ2) is 13.1. The van der Waals surface area contributed by atoms with Crippen LogP contribution >= 0.6 is 0 Å². The molecule has 1 aliphatic carbocycles. The molecule has 3 aliphatic rings. The SMILES string of the molecule is Cc1cc(C)c(C)c(OCCc2ccc(C3=C(C(=O)N(Cc4ccccc4F)C4CC4)C4CN(C(=O)O)CC(C3)N4C(=O)O)cc2)c1. The summed E-state index contributed by atoms with van der Waals surface area (Å²) in [5.41, 5.74) is 6.62. The number of carbonyl (C=O) groups excluding carboxylic acids is 1. The van der Waals surface area contributed by atoms with Crippen molar-refractivity contribution in [1.29, 1.82) is 0 Å². The third-order valence-corrected chi connectivity index (χ3v) is 9.64. The molecule has 10 heteroatoms. The summed E-state index contributed by atoms with van der Waals surface area (Å²) in [6, 6.07) is 16.6. The first kappa shape index (κ1) is 32.1. The maximum atomic E-state index is 14.8. The summed E-state index contributed by atoms with van der Waals surface area (Å²) in [7, 11) is 0. The molecular weight excluding hydrogens is 601 g/mol. The van der Waals surface area contributed by atoms with Gasteiger partial charge in [-0.15, -0.1) is 0 Å². The summed E-state index contributed by atoms with van der Waals surface area (Å²) in [5.74, 6) is 0.0714. The number of fused-ring (bicyclic) bond motifs is 2. The van der Waals surface area contributed by atoms with E-state index in [1.807, 2.05) is 44.2 Å². The Balaban J connectivity index is 1.33. The molecule has 1 saturated carbocycles. The Morgan fingerprint density at radius 3 is 2.34 bits per heavy atom. The molecule has 0 spiro atoms. The van der Waals surface area contributed by atoms with E-state index in [0.29, 0.717) is 24.2 Å². The van der Waals surface area contributed by atoms with Gasteiger partial charge in [0.2, 0.25) is 0 Å². The van der Waals surface area contributed by atoms with Crippen molar-refractivity contribution < 1.29 is 33.7 Å². The smallest absolute Gasteiger partial charge is 0.408 e. The number of hydrogen-bond acceptors (Lipinski definition) is 4. The highest BCUT2D eigenvalue weighted by molar-refractivity contribution is 6.04. The normalized spacial score (nSPS) is 19.1. The molecule has 2 atom stereocenters. The molecule has 2 heterocycles. The van der Waals surface area contributed by atoms with Crippen molar-refractivity contribution in [2.45, 2.75) is 71.1 Å². The van der Waals surface area contributed by atoms with Crippen LogP contribution in [-0.2, 0) is 17.8 Å². The molecule has 1 saturated heterocycles. The fourth-order valence-electron chi connectivity index (χ4n) is 6.92. The van der Waals surface area contributed by atoms with Crippen molar-refractivity contribution in [2.24, 2.45) is 0 Å². The monoisotopic (exact) mass is 641 g/mol. The Morgan fingerprint density at radius 2 is 1.68 bits per heavy atom. The van der Waals surface area contributed by atoms with E-state index in [2.05, 4.69) is 13.0 Å². The predicted molar refractivity (Wildman–Crippen MR) is 175 cm³/mol. The second-order valence-electron chi connectivity index (χ2n) is 12.9. The van der Waals surface area contributed by atoms with Crippen LogP contribution in [0, 0.1) is 26.6 Å². The first-order valence-corrected chi connectivity index (χ1v) is 16.1. The van der Waals surface area contributed by atoms with E-state index >= 15 is 0 Å². The maximum Gasteiger partial charge on any atom is 0.408 e. The molecule has 2 unspecified atom stereocenters. The molecule has 0 radical (unpaired) electrons. The number of amides is 3. The van der Waals surface area contributed by atoms with Gasteiger partial charge in [-0.3, -0.25) is 9.69 Å². The molecule has 3 amide bonds. The minimum absolute atomic E-state index is 0.0118. The lowest BCUT2D eigenvalue weighted by Gasteiger charge is -2.49. The number of rotatable bonds is 9. The Morgan fingerprint density at radius 1 is 0.957 bits per heavy atom. The van der Waals surface area contributed by atoms with Crippen LogP contribution in [0.3, 0.4) is 0 Å². The van der Waals surface area contributed by atoms with Crippen LogP contribution in [-0.4, -0.2) is 80.8 Å². The topological polar surface area (TPSA) is 111 Å². The molecule has 3 aromatic rings. The lowest BCUT2D eigenvalue weighted by Crippen LogP contribution is -2.65. The summed E-state index contributed by atoms with van der Waals surface area (Å²) >= 11 is 0. The van der Waals surface area contributed by atoms with E-state index in [4.69, 9.17) is 4.74 Å². The number of nitrogens with zero attached hydrogens (tertiary/aromatic N) is 3. The molecule has 2 aliphatic heterocycles. The largest absolute Gasteiger partial charge is 0.493 e. The van der Waals surface area contributed by atoms with Gasteiger partial charge < -0.3 is 24.7 Å². The molecular formula is C37H40FN3O6. The highest BCUT2D eigenvalue weighted by Crippen LogP contribution is 2.41. The molecule has 47 heavy (non-hydrogen) atoms. The van der Waals surface area contributed by atoms with Gasteiger partial charge in [0, 0.05) is 43.2 Å². The number of carbonyl (C=O) groups is 3. The van der Waals surface area contributed by atoms with Crippen molar-refractivity contribution in [1.82, 2.24) is 14.7 Å². The number of aryl methyl sites for hydroxylation is 2. The zero-order chi connectivity index (χ0) is 33.4. The van der Waals surface area contributed by atoms with Gasteiger partial charge in [0.05, 0.1) is 18.7 Å². The van der Waals surface area contributed by atoms with E-state index < -0.39 is 30.1 Å². The third-order valence-electron chi connectivity index (χ3n) is 9.64. The van der Waals surface area contributed by atoms with Crippen molar-refractivity contribution in [2.75, 3.05) is 19.7 Å². The molecule has 3 aromatic carbocycles. The van der Waals surface area contributed by atoms with Crippen molar-refractivity contribution in [3.63, 3.8) is 0 Å². The maximum absolute atomic E-state index is 14.8. The number of halogens is 1. The number of hydrogen-bond donors (Lipinski definition) is 2. The van der Waals surface area contributed by atoms with Crippen molar-refractivity contribution in [3.05, 3.63) is 105 Å². The van der Waals surface area contributed by atoms with Crippen LogP contribution in [0.2, 0.25) is 0 Å². The summed E-state index contributed by atoms with van der Waals surface area (Å²) in [6.45, 7) is 6.55. The van der Waals surface area contributed by atoms with E-state index in [9.17, 15) is 29.0 Å². The van der Waals surface area contributed by atoms with Crippen LogP contribution in [0.25, 0.3) is 5.57 Å². The Kier molecular flexibility index (Phi) is 8.94. The van der Waals surface area contributed by atoms with Gasteiger partial charge in [0.1, 0.15) is 11.6 Å². The van der Waals surface area contributed by atoms with Gasteiger partial charge in [-0.05, 0) is 85.6 Å². The highest BCUT2D eigenvalue weighted by Gasteiger charge is 2.49. The van der Waals surface area contributed by atoms with E-state index in [-0.39, 0.29) is 43.6 Å².